The Hall–Kier alpha value is -3.78. The summed E-state index contributed by atoms with van der Waals surface area (Å²) in [4.78, 5) is 15.8. The number of aromatic nitrogens is 1. The van der Waals surface area contributed by atoms with Gasteiger partial charge in [-0.15, -0.1) is 0 Å². The van der Waals surface area contributed by atoms with E-state index < -0.39 is 4.92 Å². The minimum atomic E-state index is -0.593. The topological polar surface area (TPSA) is 93.6 Å². The number of benzene rings is 2. The molecule has 138 valence electrons. The van der Waals surface area contributed by atoms with Crippen LogP contribution < -0.4 is 5.43 Å². The molecule has 2 heterocycles. The van der Waals surface area contributed by atoms with E-state index in [1.165, 1.54) is 29.7 Å². The minimum absolute atomic E-state index is 0.280. The Labute approximate surface area is 164 Å². The fourth-order valence-electron chi connectivity index (χ4n) is 2.61. The lowest BCUT2D eigenvalue weighted by molar-refractivity contribution is -0.402. The molecule has 0 aliphatic carbocycles. The first-order chi connectivity index (χ1) is 13.7. The van der Waals surface area contributed by atoms with E-state index in [4.69, 9.17) is 4.42 Å². The fraction of sp³-hybridized carbons (Fsp3) is 0. The molecule has 0 spiro atoms. The number of nitrogens with one attached hydrogen (secondary N) is 1. The van der Waals surface area contributed by atoms with E-state index in [-0.39, 0.29) is 11.6 Å². The molecule has 2 aromatic carbocycles. The van der Waals surface area contributed by atoms with Gasteiger partial charge < -0.3 is 4.42 Å². The van der Waals surface area contributed by atoms with E-state index in [9.17, 15) is 10.1 Å². The third-order valence-corrected chi connectivity index (χ3v) is 4.86. The maximum atomic E-state index is 10.7. The third-order valence-electron chi connectivity index (χ3n) is 3.85. The molecule has 4 aromatic rings. The molecule has 1 N–H and O–H groups in total. The van der Waals surface area contributed by atoms with Crippen molar-refractivity contribution in [1.29, 1.82) is 0 Å². The van der Waals surface area contributed by atoms with Crippen LogP contribution in [-0.2, 0) is 0 Å². The highest BCUT2D eigenvalue weighted by atomic mass is 32.1. The van der Waals surface area contributed by atoms with Crippen molar-refractivity contribution in [1.82, 2.24) is 4.98 Å². The van der Waals surface area contributed by atoms with Crippen molar-refractivity contribution < 1.29 is 9.34 Å². The van der Waals surface area contributed by atoms with Gasteiger partial charge in [0, 0.05) is 5.56 Å². The van der Waals surface area contributed by atoms with Crippen molar-refractivity contribution in [2.45, 2.75) is 0 Å². The summed E-state index contributed by atoms with van der Waals surface area (Å²) in [5, 5.41) is 15.4. The number of hydrogen-bond acceptors (Lipinski definition) is 7. The van der Waals surface area contributed by atoms with Crippen molar-refractivity contribution in [2.75, 3.05) is 5.43 Å². The molecule has 0 bridgehead atoms. The number of thiazole rings is 1. The molecule has 0 saturated heterocycles. The molecule has 0 aliphatic heterocycles. The lowest BCUT2D eigenvalue weighted by atomic mass is 10.1. The quantitative estimate of drug-likeness (QED) is 0.269. The largest absolute Gasteiger partial charge is 0.433 e. The van der Waals surface area contributed by atoms with Crippen LogP contribution in [0.5, 0.6) is 0 Å². The van der Waals surface area contributed by atoms with Crippen LogP contribution in [0, 0.1) is 10.1 Å². The fourth-order valence-corrected chi connectivity index (χ4v) is 3.55. The molecule has 0 amide bonds. The molecule has 7 nitrogen and oxygen atoms in total. The Bertz CT molecular complexity index is 1060. The van der Waals surface area contributed by atoms with E-state index in [1.54, 1.807) is 0 Å². The van der Waals surface area contributed by atoms with Gasteiger partial charge in [-0.1, -0.05) is 72.0 Å². The normalized spacial score (nSPS) is 11.0. The van der Waals surface area contributed by atoms with Gasteiger partial charge in [-0.05, 0) is 11.6 Å². The number of rotatable bonds is 6. The second-order valence-electron chi connectivity index (χ2n) is 5.73. The van der Waals surface area contributed by atoms with Gasteiger partial charge in [0.05, 0.1) is 22.9 Å². The van der Waals surface area contributed by atoms with Crippen LogP contribution in [0.2, 0.25) is 0 Å². The number of nitrogens with zero attached hydrogens (tertiary/aromatic N) is 3. The monoisotopic (exact) mass is 390 g/mol. The minimum Gasteiger partial charge on any atom is -0.400 e. The summed E-state index contributed by atoms with van der Waals surface area (Å²) in [7, 11) is 0. The van der Waals surface area contributed by atoms with Crippen LogP contribution in [0.1, 0.15) is 5.76 Å². The molecule has 2 aromatic heterocycles. The SMILES string of the molecule is O=[N+]([O-])c1ccc(C=NNc2nc(-c3ccccc3)c(-c3ccccc3)s2)o1. The molecular weight excluding hydrogens is 376 g/mol. The van der Waals surface area contributed by atoms with Crippen molar-refractivity contribution in [3.63, 3.8) is 0 Å². The predicted molar refractivity (Wildman–Crippen MR) is 110 cm³/mol. The van der Waals surface area contributed by atoms with Gasteiger partial charge in [-0.3, -0.25) is 15.5 Å². The average Bonchev–Trinajstić information content (AvgIpc) is 3.37. The van der Waals surface area contributed by atoms with E-state index in [1.807, 2.05) is 60.7 Å². The molecule has 28 heavy (non-hydrogen) atoms. The van der Waals surface area contributed by atoms with Crippen molar-refractivity contribution in [2.24, 2.45) is 5.10 Å². The smallest absolute Gasteiger partial charge is 0.400 e. The summed E-state index contributed by atoms with van der Waals surface area (Å²) in [5.41, 5.74) is 5.82. The summed E-state index contributed by atoms with van der Waals surface area (Å²) in [6.45, 7) is 0. The summed E-state index contributed by atoms with van der Waals surface area (Å²) in [6.07, 6.45) is 1.37. The highest BCUT2D eigenvalue weighted by Crippen LogP contribution is 2.38. The summed E-state index contributed by atoms with van der Waals surface area (Å²) in [6, 6.07) is 22.7. The van der Waals surface area contributed by atoms with Gasteiger partial charge in [-0.25, -0.2) is 4.98 Å². The molecule has 4 rings (SSSR count). The first kappa shape index (κ1) is 17.6. The van der Waals surface area contributed by atoms with Crippen LogP contribution >= 0.6 is 11.3 Å². The lowest BCUT2D eigenvalue weighted by Crippen LogP contribution is -1.89. The van der Waals surface area contributed by atoms with E-state index >= 15 is 0 Å². The Morgan fingerprint density at radius 2 is 1.68 bits per heavy atom. The zero-order valence-electron chi connectivity index (χ0n) is 14.5. The van der Waals surface area contributed by atoms with Gasteiger partial charge in [0.1, 0.15) is 4.92 Å². The van der Waals surface area contributed by atoms with Crippen molar-refractivity contribution in [3.05, 3.63) is 88.7 Å². The first-order valence-electron chi connectivity index (χ1n) is 8.35. The molecule has 0 aliphatic rings. The van der Waals surface area contributed by atoms with Gasteiger partial charge in [0.2, 0.25) is 5.13 Å². The molecule has 0 atom stereocenters. The Morgan fingerprint density at radius 3 is 2.32 bits per heavy atom. The summed E-state index contributed by atoms with van der Waals surface area (Å²) in [5.74, 6) is -0.0456. The average molecular weight is 390 g/mol. The molecular formula is C20H14N4O3S. The van der Waals surface area contributed by atoms with Crippen LogP contribution in [0.4, 0.5) is 11.0 Å². The zero-order valence-corrected chi connectivity index (χ0v) is 15.3. The third kappa shape index (κ3) is 3.81. The van der Waals surface area contributed by atoms with E-state index in [0.717, 1.165) is 21.7 Å². The van der Waals surface area contributed by atoms with Crippen LogP contribution in [0.15, 0.2) is 82.3 Å². The molecule has 0 fully saturated rings. The maximum absolute atomic E-state index is 10.7. The van der Waals surface area contributed by atoms with E-state index in [0.29, 0.717) is 5.13 Å². The molecule has 8 heteroatoms. The molecule has 0 unspecified atom stereocenters. The molecule has 0 saturated carbocycles. The predicted octanol–water partition coefficient (Wildman–Crippen LogP) is 5.42. The standard InChI is InChI=1S/C20H14N4O3S/c25-24(26)17-12-11-16(27-17)13-21-23-20-22-18(14-7-3-1-4-8-14)19(28-20)15-9-5-2-6-10-15/h1-13H,(H,22,23). The van der Waals surface area contributed by atoms with Gasteiger partial charge in [0.25, 0.3) is 0 Å². The summed E-state index contributed by atoms with van der Waals surface area (Å²) >= 11 is 1.48. The highest BCUT2D eigenvalue weighted by Gasteiger charge is 2.15. The lowest BCUT2D eigenvalue weighted by Gasteiger charge is -2.02. The second kappa shape index (κ2) is 7.85. The maximum Gasteiger partial charge on any atom is 0.433 e. The van der Waals surface area contributed by atoms with Crippen molar-refractivity contribution in [3.8, 4) is 21.7 Å². The number of anilines is 1. The van der Waals surface area contributed by atoms with Gasteiger partial charge in [0.15, 0.2) is 5.76 Å². The van der Waals surface area contributed by atoms with Crippen LogP contribution in [-0.4, -0.2) is 16.1 Å². The summed E-state index contributed by atoms with van der Waals surface area (Å²) < 4.78 is 5.05. The van der Waals surface area contributed by atoms with Crippen LogP contribution in [0.25, 0.3) is 21.7 Å². The number of hydrogen-bond donors (Lipinski definition) is 1. The highest BCUT2D eigenvalue weighted by molar-refractivity contribution is 7.19. The Kier molecular flexibility index (Phi) is 4.94. The number of furan rings is 1. The Balaban J connectivity index is 1.62. The zero-order chi connectivity index (χ0) is 19.3. The number of nitro groups is 1. The number of hydrazone groups is 1. The van der Waals surface area contributed by atoms with Crippen LogP contribution in [0.3, 0.4) is 0 Å². The van der Waals surface area contributed by atoms with Gasteiger partial charge >= 0.3 is 5.88 Å². The van der Waals surface area contributed by atoms with Crippen molar-refractivity contribution >= 4 is 28.6 Å². The van der Waals surface area contributed by atoms with E-state index in [2.05, 4.69) is 15.5 Å². The first-order valence-corrected chi connectivity index (χ1v) is 9.17. The Morgan fingerprint density at radius 1 is 1.00 bits per heavy atom. The van der Waals surface area contributed by atoms with Gasteiger partial charge in [-0.2, -0.15) is 5.10 Å². The second-order valence-corrected chi connectivity index (χ2v) is 6.73. The molecule has 0 radical (unpaired) electrons.